The maximum atomic E-state index is 9.19. The number of hydrogen-bond donors (Lipinski definition) is 2. The molecule has 0 saturated heterocycles. The molecule has 1 unspecified atom stereocenters. The summed E-state index contributed by atoms with van der Waals surface area (Å²) in [5.41, 5.74) is 1.88. The fraction of sp³-hybridized carbons (Fsp3) is 0.267. The van der Waals surface area contributed by atoms with Gasteiger partial charge in [-0.25, -0.2) is 0 Å². The minimum Gasteiger partial charge on any atom is -0.396 e. The number of halogens is 2. The molecule has 3 nitrogen and oxygen atoms in total. The van der Waals surface area contributed by atoms with Gasteiger partial charge in [0.25, 0.3) is 0 Å². The van der Waals surface area contributed by atoms with Gasteiger partial charge in [-0.2, -0.15) is 0 Å². The lowest BCUT2D eigenvalue weighted by molar-refractivity contribution is 0.265. The van der Waals surface area contributed by atoms with Crippen LogP contribution in [-0.2, 0) is 6.54 Å². The van der Waals surface area contributed by atoms with Gasteiger partial charge in [-0.3, -0.25) is 4.98 Å². The topological polar surface area (TPSA) is 45.1 Å². The zero-order chi connectivity index (χ0) is 14.4. The summed E-state index contributed by atoms with van der Waals surface area (Å²) in [7, 11) is 0. The highest BCUT2D eigenvalue weighted by Crippen LogP contribution is 2.21. The van der Waals surface area contributed by atoms with Crippen molar-refractivity contribution >= 4 is 23.2 Å². The number of hydrogen-bond acceptors (Lipinski definition) is 3. The third-order valence-electron chi connectivity index (χ3n) is 3.02. The number of aliphatic hydroxyl groups is 1. The van der Waals surface area contributed by atoms with E-state index in [0.29, 0.717) is 23.0 Å². The van der Waals surface area contributed by atoms with E-state index in [2.05, 4.69) is 10.3 Å². The van der Waals surface area contributed by atoms with Gasteiger partial charge in [0.1, 0.15) is 0 Å². The van der Waals surface area contributed by atoms with Crippen molar-refractivity contribution in [3.8, 4) is 0 Å². The minimum atomic E-state index is 0.0646. The van der Waals surface area contributed by atoms with Crippen LogP contribution in [0.15, 0.2) is 42.6 Å². The molecule has 0 aliphatic rings. The van der Waals surface area contributed by atoms with Gasteiger partial charge in [-0.1, -0.05) is 53.5 Å². The zero-order valence-corrected chi connectivity index (χ0v) is 12.4. The maximum absolute atomic E-state index is 9.19. The molecule has 0 amide bonds. The zero-order valence-electron chi connectivity index (χ0n) is 10.9. The molecule has 0 fully saturated rings. The normalized spacial score (nSPS) is 12.3. The van der Waals surface area contributed by atoms with E-state index in [9.17, 15) is 5.11 Å². The van der Waals surface area contributed by atoms with Crippen molar-refractivity contribution in [1.29, 1.82) is 0 Å². The first-order valence-corrected chi connectivity index (χ1v) is 7.15. The molecule has 1 heterocycles. The number of nitrogens with zero attached hydrogens (tertiary/aromatic N) is 1. The fourth-order valence-electron chi connectivity index (χ4n) is 1.99. The Labute approximate surface area is 128 Å². The first-order valence-electron chi connectivity index (χ1n) is 6.40. The highest BCUT2D eigenvalue weighted by atomic mass is 35.5. The lowest BCUT2D eigenvalue weighted by atomic mass is 10.0. The summed E-state index contributed by atoms with van der Waals surface area (Å²) in [5, 5.41) is 13.6. The van der Waals surface area contributed by atoms with Crippen LogP contribution in [0.3, 0.4) is 0 Å². The Morgan fingerprint density at radius 3 is 2.60 bits per heavy atom. The lowest BCUT2D eigenvalue weighted by Crippen LogP contribution is -2.22. The van der Waals surface area contributed by atoms with Gasteiger partial charge in [0.2, 0.25) is 0 Å². The molecule has 5 heteroatoms. The molecule has 2 rings (SSSR count). The summed E-state index contributed by atoms with van der Waals surface area (Å²) < 4.78 is 0. The number of rotatable bonds is 6. The van der Waals surface area contributed by atoms with Crippen LogP contribution in [0.4, 0.5) is 0 Å². The Hall–Kier alpha value is -1.13. The molecule has 0 spiro atoms. The van der Waals surface area contributed by atoms with Gasteiger partial charge in [0.15, 0.2) is 0 Å². The Morgan fingerprint density at radius 2 is 1.95 bits per heavy atom. The van der Waals surface area contributed by atoms with Crippen LogP contribution >= 0.6 is 23.2 Å². The van der Waals surface area contributed by atoms with Crippen molar-refractivity contribution in [2.45, 2.75) is 19.0 Å². The molecule has 20 heavy (non-hydrogen) atoms. The second kappa shape index (κ2) is 7.60. The first-order chi connectivity index (χ1) is 9.70. The monoisotopic (exact) mass is 310 g/mol. The number of aromatic nitrogens is 1. The molecule has 2 aromatic rings. The second-order valence-corrected chi connectivity index (χ2v) is 5.28. The number of aliphatic hydroxyl groups excluding tert-OH is 1. The number of pyridine rings is 1. The summed E-state index contributed by atoms with van der Waals surface area (Å²) in [4.78, 5) is 4.21. The molecule has 0 aliphatic carbocycles. The Balaban J connectivity index is 2.06. The molecule has 0 aliphatic heterocycles. The number of nitrogens with one attached hydrogen (secondary N) is 1. The molecule has 1 atom stereocenters. The largest absolute Gasteiger partial charge is 0.396 e. The molecule has 0 saturated carbocycles. The van der Waals surface area contributed by atoms with E-state index in [1.54, 1.807) is 12.3 Å². The first kappa shape index (κ1) is 15.3. The van der Waals surface area contributed by atoms with Gasteiger partial charge < -0.3 is 10.4 Å². The van der Waals surface area contributed by atoms with Gasteiger partial charge in [0, 0.05) is 25.4 Å². The van der Waals surface area contributed by atoms with E-state index in [0.717, 1.165) is 11.3 Å². The summed E-state index contributed by atoms with van der Waals surface area (Å²) in [6, 6.07) is 11.7. The molecule has 106 valence electrons. The van der Waals surface area contributed by atoms with Crippen LogP contribution in [0.1, 0.15) is 23.7 Å². The van der Waals surface area contributed by atoms with Crippen LogP contribution in [0.25, 0.3) is 0 Å². The molecule has 0 bridgehead atoms. The van der Waals surface area contributed by atoms with E-state index >= 15 is 0 Å². The highest BCUT2D eigenvalue weighted by molar-refractivity contribution is 6.34. The van der Waals surface area contributed by atoms with Crippen molar-refractivity contribution in [3.05, 3.63) is 63.9 Å². The lowest BCUT2D eigenvalue weighted by Gasteiger charge is -2.18. The fourth-order valence-corrected chi connectivity index (χ4v) is 2.44. The Bertz CT molecular complexity index is 549. The average Bonchev–Trinajstić information content (AvgIpc) is 2.46. The van der Waals surface area contributed by atoms with Crippen molar-refractivity contribution in [3.63, 3.8) is 0 Å². The average molecular weight is 311 g/mol. The summed E-state index contributed by atoms with van der Waals surface area (Å²) >= 11 is 11.9. The molecule has 0 radical (unpaired) electrons. The van der Waals surface area contributed by atoms with Gasteiger partial charge in [-0.15, -0.1) is 0 Å². The summed E-state index contributed by atoms with van der Waals surface area (Å²) in [6.45, 7) is 0.643. The van der Waals surface area contributed by atoms with Crippen LogP contribution in [-0.4, -0.2) is 16.7 Å². The highest BCUT2D eigenvalue weighted by Gasteiger charge is 2.11. The Morgan fingerprint density at radius 1 is 1.20 bits per heavy atom. The minimum absolute atomic E-state index is 0.0646. The van der Waals surface area contributed by atoms with Crippen LogP contribution in [0.5, 0.6) is 0 Å². The van der Waals surface area contributed by atoms with Crippen LogP contribution < -0.4 is 5.32 Å². The quantitative estimate of drug-likeness (QED) is 0.857. The van der Waals surface area contributed by atoms with E-state index in [4.69, 9.17) is 23.2 Å². The van der Waals surface area contributed by atoms with E-state index in [-0.39, 0.29) is 12.6 Å². The van der Waals surface area contributed by atoms with Gasteiger partial charge >= 0.3 is 0 Å². The second-order valence-electron chi connectivity index (χ2n) is 4.44. The third-order valence-corrected chi connectivity index (χ3v) is 3.55. The molecule has 2 N–H and O–H groups in total. The van der Waals surface area contributed by atoms with Gasteiger partial charge in [0.05, 0.1) is 15.7 Å². The van der Waals surface area contributed by atoms with E-state index in [1.165, 1.54) is 0 Å². The van der Waals surface area contributed by atoms with E-state index < -0.39 is 0 Å². The van der Waals surface area contributed by atoms with Crippen molar-refractivity contribution in [2.24, 2.45) is 0 Å². The Kier molecular flexibility index (Phi) is 5.80. The summed E-state index contributed by atoms with van der Waals surface area (Å²) in [5.74, 6) is 0. The molecule has 1 aromatic heterocycles. The predicted molar refractivity (Wildman–Crippen MR) is 82.0 cm³/mol. The molecular weight excluding hydrogens is 295 g/mol. The van der Waals surface area contributed by atoms with Crippen LogP contribution in [0, 0.1) is 0 Å². The maximum Gasteiger partial charge on any atom is 0.0728 e. The smallest absolute Gasteiger partial charge is 0.0728 e. The summed E-state index contributed by atoms with van der Waals surface area (Å²) in [6.07, 6.45) is 2.21. The SMILES string of the molecule is OCCC(NCc1ncc(Cl)cc1Cl)c1ccccc1. The van der Waals surface area contributed by atoms with E-state index in [1.807, 2.05) is 30.3 Å². The van der Waals surface area contributed by atoms with Crippen LogP contribution in [0.2, 0.25) is 10.0 Å². The standard InChI is InChI=1S/C15H16Cl2N2O/c16-12-8-13(17)15(18-9-12)10-19-14(6-7-20)11-4-2-1-3-5-11/h1-5,8-9,14,19-20H,6-7,10H2. The van der Waals surface area contributed by atoms with Crippen molar-refractivity contribution in [1.82, 2.24) is 10.3 Å². The van der Waals surface area contributed by atoms with Crippen molar-refractivity contribution in [2.75, 3.05) is 6.61 Å². The molecular formula is C15H16Cl2N2O. The third kappa shape index (κ3) is 4.18. The predicted octanol–water partition coefficient (Wildman–Crippen LogP) is 3.60. The van der Waals surface area contributed by atoms with Crippen molar-refractivity contribution < 1.29 is 5.11 Å². The van der Waals surface area contributed by atoms with Gasteiger partial charge in [-0.05, 0) is 18.1 Å². The molecule has 1 aromatic carbocycles. The number of benzene rings is 1.